The van der Waals surface area contributed by atoms with Crippen molar-refractivity contribution in [3.63, 3.8) is 0 Å². The van der Waals surface area contributed by atoms with E-state index in [1.54, 1.807) is 36.7 Å². The molecule has 0 saturated heterocycles. The quantitative estimate of drug-likeness (QED) is 0.412. The van der Waals surface area contributed by atoms with E-state index < -0.39 is 0 Å². The highest BCUT2D eigenvalue weighted by Crippen LogP contribution is 2.29. The largest absolute Gasteiger partial charge is 0.392 e. The summed E-state index contributed by atoms with van der Waals surface area (Å²) < 4.78 is 0. The lowest BCUT2D eigenvalue weighted by molar-refractivity contribution is 0.102. The minimum atomic E-state index is -0.206. The highest BCUT2D eigenvalue weighted by atomic mass is 32.1. The fraction of sp³-hybridized carbons (Fsp3) is 0.0870. The third kappa shape index (κ3) is 4.53. The van der Waals surface area contributed by atoms with Gasteiger partial charge in [0, 0.05) is 40.3 Å². The maximum atomic E-state index is 12.5. The minimum absolute atomic E-state index is 0.0475. The molecule has 4 rings (SSSR count). The minimum Gasteiger partial charge on any atom is -0.392 e. The summed E-state index contributed by atoms with van der Waals surface area (Å²) in [6.45, 7) is 1.95. The lowest BCUT2D eigenvalue weighted by Crippen LogP contribution is -2.12. The number of aryl methyl sites for hydroxylation is 1. The predicted octanol–water partition coefficient (Wildman–Crippen LogP) is 5.00. The first-order chi connectivity index (χ1) is 14.6. The number of nitrogens with zero attached hydrogens (tertiary/aromatic N) is 2. The van der Waals surface area contributed by atoms with Crippen LogP contribution in [0.2, 0.25) is 0 Å². The number of anilines is 3. The van der Waals surface area contributed by atoms with Crippen LogP contribution in [0.4, 0.5) is 16.5 Å². The smallest absolute Gasteiger partial charge is 0.255 e. The number of aromatic nitrogens is 2. The van der Waals surface area contributed by atoms with Crippen LogP contribution in [-0.4, -0.2) is 21.0 Å². The summed E-state index contributed by atoms with van der Waals surface area (Å²) in [6, 6.07) is 16.4. The van der Waals surface area contributed by atoms with Gasteiger partial charge in [0.05, 0.1) is 12.3 Å². The van der Waals surface area contributed by atoms with Gasteiger partial charge in [-0.05, 0) is 54.4 Å². The number of hydrogen-bond donors (Lipinski definition) is 3. The summed E-state index contributed by atoms with van der Waals surface area (Å²) >= 11 is 1.51. The Morgan fingerprint density at radius 3 is 2.70 bits per heavy atom. The first-order valence-corrected chi connectivity index (χ1v) is 10.2. The molecule has 6 nitrogen and oxygen atoms in total. The van der Waals surface area contributed by atoms with Gasteiger partial charge in [0.1, 0.15) is 0 Å². The van der Waals surface area contributed by atoms with Crippen LogP contribution in [0.25, 0.3) is 11.3 Å². The lowest BCUT2D eigenvalue weighted by atomic mass is 10.1. The van der Waals surface area contributed by atoms with Crippen LogP contribution in [0.5, 0.6) is 0 Å². The first-order valence-electron chi connectivity index (χ1n) is 9.37. The van der Waals surface area contributed by atoms with E-state index in [0.717, 1.165) is 33.2 Å². The third-order valence-corrected chi connectivity index (χ3v) is 5.35. The number of aliphatic hydroxyl groups excluding tert-OH is 1. The van der Waals surface area contributed by atoms with E-state index in [1.165, 1.54) is 11.3 Å². The molecule has 4 aromatic rings. The number of hydrogen-bond acceptors (Lipinski definition) is 6. The van der Waals surface area contributed by atoms with Crippen LogP contribution in [0.3, 0.4) is 0 Å². The fourth-order valence-corrected chi connectivity index (χ4v) is 3.62. The maximum absolute atomic E-state index is 12.5. The molecule has 1 amide bonds. The van der Waals surface area contributed by atoms with Crippen LogP contribution < -0.4 is 10.6 Å². The van der Waals surface area contributed by atoms with Crippen molar-refractivity contribution in [1.82, 2.24) is 9.97 Å². The summed E-state index contributed by atoms with van der Waals surface area (Å²) in [7, 11) is 0. The molecule has 3 N–H and O–H groups in total. The van der Waals surface area contributed by atoms with Gasteiger partial charge in [-0.3, -0.25) is 9.78 Å². The molecule has 0 radical (unpaired) electrons. The first kappa shape index (κ1) is 19.8. The number of nitrogens with one attached hydrogen (secondary N) is 2. The van der Waals surface area contributed by atoms with Crippen molar-refractivity contribution in [3.8, 4) is 11.3 Å². The molecule has 150 valence electrons. The maximum Gasteiger partial charge on any atom is 0.255 e. The zero-order valence-electron chi connectivity index (χ0n) is 16.3. The number of carbonyl (C=O) groups excluding carboxylic acids is 1. The van der Waals surface area contributed by atoms with E-state index in [2.05, 4.69) is 20.6 Å². The van der Waals surface area contributed by atoms with Crippen molar-refractivity contribution in [2.75, 3.05) is 10.6 Å². The SMILES string of the molecule is Cc1ccc(NC(=O)c2ccc(CO)cc2)cc1Nc1nc(-c2cccnc2)cs1. The summed E-state index contributed by atoms with van der Waals surface area (Å²) in [5, 5.41) is 18.1. The standard InChI is InChI=1S/C23H20N4O2S/c1-15-4-9-19(25-22(29)17-7-5-16(13-28)6-8-17)11-20(15)26-23-27-21(14-30-23)18-3-2-10-24-12-18/h2-12,14,28H,13H2,1H3,(H,25,29)(H,26,27). The summed E-state index contributed by atoms with van der Waals surface area (Å²) in [4.78, 5) is 21.3. The second-order valence-corrected chi connectivity index (χ2v) is 7.60. The van der Waals surface area contributed by atoms with Crippen LogP contribution in [0.15, 0.2) is 72.4 Å². The summed E-state index contributed by atoms with van der Waals surface area (Å²) in [5.41, 5.74) is 5.72. The second-order valence-electron chi connectivity index (χ2n) is 6.74. The van der Waals surface area contributed by atoms with Gasteiger partial charge >= 0.3 is 0 Å². The average molecular weight is 417 g/mol. The van der Waals surface area contributed by atoms with E-state index in [-0.39, 0.29) is 12.5 Å². The average Bonchev–Trinajstić information content (AvgIpc) is 3.25. The van der Waals surface area contributed by atoms with Gasteiger partial charge in [0.25, 0.3) is 5.91 Å². The number of thiazole rings is 1. The number of amides is 1. The molecule has 0 spiro atoms. The van der Waals surface area contributed by atoms with E-state index in [4.69, 9.17) is 5.11 Å². The van der Waals surface area contributed by atoms with E-state index in [9.17, 15) is 4.79 Å². The Bertz CT molecular complexity index is 1160. The third-order valence-electron chi connectivity index (χ3n) is 4.60. The molecule has 0 aliphatic carbocycles. The van der Waals surface area contributed by atoms with E-state index >= 15 is 0 Å². The molecular weight excluding hydrogens is 396 g/mol. The number of pyridine rings is 1. The fourth-order valence-electron chi connectivity index (χ4n) is 2.89. The van der Waals surface area contributed by atoms with Gasteiger partial charge in [-0.25, -0.2) is 4.98 Å². The Kier molecular flexibility index (Phi) is 5.83. The highest BCUT2D eigenvalue weighted by molar-refractivity contribution is 7.14. The van der Waals surface area contributed by atoms with Crippen molar-refractivity contribution in [2.45, 2.75) is 13.5 Å². The Morgan fingerprint density at radius 1 is 1.13 bits per heavy atom. The van der Waals surface area contributed by atoms with Gasteiger partial charge in [0.15, 0.2) is 5.13 Å². The monoisotopic (exact) mass is 416 g/mol. The number of carbonyl (C=O) groups is 1. The number of benzene rings is 2. The molecule has 0 fully saturated rings. The number of rotatable bonds is 6. The Labute approximate surface area is 178 Å². The van der Waals surface area contributed by atoms with Crippen molar-refractivity contribution in [3.05, 3.63) is 89.1 Å². The molecule has 0 unspecified atom stereocenters. The zero-order chi connectivity index (χ0) is 20.9. The molecule has 0 saturated carbocycles. The molecule has 2 aromatic heterocycles. The van der Waals surface area contributed by atoms with Gasteiger partial charge in [-0.1, -0.05) is 18.2 Å². The van der Waals surface area contributed by atoms with Gasteiger partial charge in [0.2, 0.25) is 0 Å². The molecule has 0 aliphatic rings. The number of aliphatic hydroxyl groups is 1. The summed E-state index contributed by atoms with van der Waals surface area (Å²) in [6.07, 6.45) is 3.52. The van der Waals surface area contributed by atoms with Crippen LogP contribution in [-0.2, 0) is 6.61 Å². The van der Waals surface area contributed by atoms with Gasteiger partial charge < -0.3 is 15.7 Å². The molecule has 2 aromatic carbocycles. The highest BCUT2D eigenvalue weighted by Gasteiger charge is 2.10. The Balaban J connectivity index is 1.49. The van der Waals surface area contributed by atoms with E-state index in [1.807, 2.05) is 42.6 Å². The molecule has 0 bridgehead atoms. The van der Waals surface area contributed by atoms with Crippen molar-refractivity contribution >= 4 is 33.8 Å². The van der Waals surface area contributed by atoms with E-state index in [0.29, 0.717) is 11.3 Å². The van der Waals surface area contributed by atoms with Gasteiger partial charge in [-0.15, -0.1) is 11.3 Å². The van der Waals surface area contributed by atoms with Crippen molar-refractivity contribution < 1.29 is 9.90 Å². The molecular formula is C23H20N4O2S. The zero-order valence-corrected chi connectivity index (χ0v) is 17.1. The molecule has 30 heavy (non-hydrogen) atoms. The van der Waals surface area contributed by atoms with Crippen molar-refractivity contribution in [2.24, 2.45) is 0 Å². The Hall–Kier alpha value is -3.55. The van der Waals surface area contributed by atoms with Gasteiger partial charge in [-0.2, -0.15) is 0 Å². The molecule has 7 heteroatoms. The van der Waals surface area contributed by atoms with Crippen LogP contribution in [0, 0.1) is 6.92 Å². The van der Waals surface area contributed by atoms with Crippen LogP contribution in [0.1, 0.15) is 21.5 Å². The molecule has 0 atom stereocenters. The topological polar surface area (TPSA) is 87.1 Å². The van der Waals surface area contributed by atoms with Crippen LogP contribution >= 0.6 is 11.3 Å². The molecule has 0 aliphatic heterocycles. The summed E-state index contributed by atoms with van der Waals surface area (Å²) in [5.74, 6) is -0.206. The lowest BCUT2D eigenvalue weighted by Gasteiger charge is -2.11. The van der Waals surface area contributed by atoms with Crippen molar-refractivity contribution in [1.29, 1.82) is 0 Å². The normalized spacial score (nSPS) is 10.6. The Morgan fingerprint density at radius 2 is 1.97 bits per heavy atom. The molecule has 2 heterocycles. The predicted molar refractivity (Wildman–Crippen MR) is 120 cm³/mol. The second kappa shape index (κ2) is 8.86.